The first-order valence-electron chi connectivity index (χ1n) is 8.43. The normalized spacial score (nSPS) is 22.0. The smallest absolute Gasteiger partial charge is 0.311 e. The first kappa shape index (κ1) is 15.9. The lowest BCUT2D eigenvalue weighted by Gasteiger charge is -2.42. The van der Waals surface area contributed by atoms with Crippen molar-refractivity contribution in [1.82, 2.24) is 0 Å². The summed E-state index contributed by atoms with van der Waals surface area (Å²) in [4.78, 5) is 12.9. The van der Waals surface area contributed by atoms with Crippen LogP contribution in [-0.4, -0.2) is 31.7 Å². The maximum absolute atomic E-state index is 11.1. The van der Waals surface area contributed by atoms with Crippen LogP contribution >= 0.6 is 0 Å². The molecule has 1 aliphatic heterocycles. The van der Waals surface area contributed by atoms with Gasteiger partial charge in [-0.25, -0.2) is 0 Å². The molecule has 1 heterocycles. The van der Waals surface area contributed by atoms with E-state index in [2.05, 4.69) is 29.2 Å². The number of anilines is 1. The van der Waals surface area contributed by atoms with Gasteiger partial charge in [0.25, 0.3) is 0 Å². The van der Waals surface area contributed by atoms with Gasteiger partial charge in [-0.2, -0.15) is 0 Å². The van der Waals surface area contributed by atoms with E-state index in [1.54, 1.807) is 12.1 Å². The monoisotopic (exact) mass is 340 g/mol. The van der Waals surface area contributed by atoms with Crippen LogP contribution in [0.25, 0.3) is 0 Å². The molecular weight excluding hydrogens is 320 g/mol. The third-order valence-electron chi connectivity index (χ3n) is 5.22. The van der Waals surface area contributed by atoms with E-state index in [9.17, 15) is 10.1 Å². The molecule has 0 amide bonds. The lowest BCUT2D eigenvalue weighted by Crippen LogP contribution is -2.49. The van der Waals surface area contributed by atoms with Gasteiger partial charge in [-0.3, -0.25) is 10.1 Å². The Hall–Kier alpha value is -2.60. The van der Waals surface area contributed by atoms with Crippen LogP contribution in [0.15, 0.2) is 42.5 Å². The fourth-order valence-electron chi connectivity index (χ4n) is 3.99. The van der Waals surface area contributed by atoms with E-state index >= 15 is 0 Å². The molecule has 25 heavy (non-hydrogen) atoms. The molecular formula is C19H20N2O4. The number of hydrogen-bond donors (Lipinski definition) is 0. The number of fused-ring (bicyclic) bond motifs is 2. The summed E-state index contributed by atoms with van der Waals surface area (Å²) in [5.41, 5.74) is 3.25. The average molecular weight is 340 g/mol. The van der Waals surface area contributed by atoms with Crippen molar-refractivity contribution in [2.75, 3.05) is 31.7 Å². The molecule has 0 radical (unpaired) electrons. The molecule has 0 saturated carbocycles. The fourth-order valence-corrected chi connectivity index (χ4v) is 3.99. The highest BCUT2D eigenvalue weighted by Crippen LogP contribution is 2.43. The van der Waals surface area contributed by atoms with Crippen molar-refractivity contribution in [3.8, 4) is 5.75 Å². The summed E-state index contributed by atoms with van der Waals surface area (Å²) in [6.07, 6.45) is 1.99. The highest BCUT2D eigenvalue weighted by atomic mass is 16.6. The average Bonchev–Trinajstić information content (AvgIpc) is 2.99. The highest BCUT2D eigenvalue weighted by molar-refractivity contribution is 5.60. The summed E-state index contributed by atoms with van der Waals surface area (Å²) in [7, 11) is 1.46. The van der Waals surface area contributed by atoms with Gasteiger partial charge in [0, 0.05) is 24.4 Å². The van der Waals surface area contributed by atoms with E-state index < -0.39 is 4.92 Å². The molecule has 1 fully saturated rings. The SMILES string of the molecule is COc1cc(N2CCOC3(CCc4ccccc43)C2)ccc1[N+](=O)[O-]. The van der Waals surface area contributed by atoms with Crippen molar-refractivity contribution in [1.29, 1.82) is 0 Å². The van der Waals surface area contributed by atoms with E-state index in [1.165, 1.54) is 24.3 Å². The number of rotatable bonds is 3. The van der Waals surface area contributed by atoms with Gasteiger partial charge in [-0.15, -0.1) is 0 Å². The van der Waals surface area contributed by atoms with Crippen molar-refractivity contribution in [3.63, 3.8) is 0 Å². The van der Waals surface area contributed by atoms with E-state index in [-0.39, 0.29) is 17.0 Å². The van der Waals surface area contributed by atoms with Crippen LogP contribution < -0.4 is 9.64 Å². The quantitative estimate of drug-likeness (QED) is 0.634. The van der Waals surface area contributed by atoms with Crippen molar-refractivity contribution in [2.24, 2.45) is 0 Å². The summed E-state index contributed by atoms with van der Waals surface area (Å²) in [6.45, 7) is 2.13. The second-order valence-electron chi connectivity index (χ2n) is 6.53. The Morgan fingerprint density at radius 2 is 2.12 bits per heavy atom. The maximum Gasteiger partial charge on any atom is 0.311 e. The molecule has 2 aliphatic rings. The van der Waals surface area contributed by atoms with Crippen molar-refractivity contribution in [2.45, 2.75) is 18.4 Å². The number of morpholine rings is 1. The maximum atomic E-state index is 11.1. The molecule has 2 aromatic carbocycles. The van der Waals surface area contributed by atoms with Crippen LogP contribution in [-0.2, 0) is 16.8 Å². The summed E-state index contributed by atoms with van der Waals surface area (Å²) < 4.78 is 11.5. The highest BCUT2D eigenvalue weighted by Gasteiger charge is 2.43. The second-order valence-corrected chi connectivity index (χ2v) is 6.53. The van der Waals surface area contributed by atoms with Gasteiger partial charge in [0.1, 0.15) is 5.60 Å². The van der Waals surface area contributed by atoms with E-state index in [4.69, 9.17) is 9.47 Å². The molecule has 1 saturated heterocycles. The molecule has 2 aromatic rings. The lowest BCUT2D eigenvalue weighted by molar-refractivity contribution is -0.385. The zero-order valence-electron chi connectivity index (χ0n) is 14.1. The summed E-state index contributed by atoms with van der Waals surface area (Å²) >= 11 is 0. The standard InChI is InChI=1S/C19H20N2O4/c1-24-18-12-15(6-7-17(18)21(22)23)20-10-11-25-19(13-20)9-8-14-4-2-3-5-16(14)19/h2-7,12H,8-11,13H2,1H3. The minimum atomic E-state index is -0.420. The van der Waals surface area contributed by atoms with Crippen molar-refractivity contribution in [3.05, 3.63) is 63.7 Å². The number of ether oxygens (including phenoxy) is 2. The predicted octanol–water partition coefficient (Wildman–Crippen LogP) is 3.28. The molecule has 0 bridgehead atoms. The zero-order valence-corrected chi connectivity index (χ0v) is 14.1. The molecule has 4 rings (SSSR count). The third-order valence-corrected chi connectivity index (χ3v) is 5.22. The Labute approximate surface area is 146 Å². The Kier molecular flexibility index (Phi) is 3.84. The minimum absolute atomic E-state index is 0.0135. The van der Waals surface area contributed by atoms with Crippen LogP contribution in [0.3, 0.4) is 0 Å². The Bertz CT molecular complexity index is 819. The van der Waals surface area contributed by atoms with Crippen LogP contribution in [0.4, 0.5) is 11.4 Å². The van der Waals surface area contributed by atoms with Gasteiger partial charge in [0.05, 0.1) is 25.2 Å². The van der Waals surface area contributed by atoms with E-state index in [0.717, 1.165) is 31.6 Å². The van der Waals surface area contributed by atoms with Crippen molar-refractivity contribution < 1.29 is 14.4 Å². The molecule has 1 atom stereocenters. The molecule has 0 aromatic heterocycles. The number of hydrogen-bond acceptors (Lipinski definition) is 5. The van der Waals surface area contributed by atoms with Gasteiger partial charge in [-0.1, -0.05) is 24.3 Å². The Balaban J connectivity index is 1.66. The molecule has 0 N–H and O–H groups in total. The van der Waals surface area contributed by atoms with Crippen molar-refractivity contribution >= 4 is 11.4 Å². The second kappa shape index (κ2) is 6.04. The number of aryl methyl sites for hydroxylation is 1. The Morgan fingerprint density at radius 3 is 2.92 bits per heavy atom. The topological polar surface area (TPSA) is 64.8 Å². The summed E-state index contributed by atoms with van der Waals surface area (Å²) in [5, 5.41) is 11.1. The summed E-state index contributed by atoms with van der Waals surface area (Å²) in [6, 6.07) is 13.5. The van der Waals surface area contributed by atoms with Gasteiger partial charge >= 0.3 is 5.69 Å². The molecule has 1 aliphatic carbocycles. The van der Waals surface area contributed by atoms with Gasteiger partial charge in [0.15, 0.2) is 5.75 Å². The van der Waals surface area contributed by atoms with Gasteiger partial charge < -0.3 is 14.4 Å². The Morgan fingerprint density at radius 1 is 1.28 bits per heavy atom. The fraction of sp³-hybridized carbons (Fsp3) is 0.368. The van der Waals surface area contributed by atoms with Crippen LogP contribution in [0.1, 0.15) is 17.5 Å². The van der Waals surface area contributed by atoms with Gasteiger partial charge in [-0.05, 0) is 30.0 Å². The first-order valence-corrected chi connectivity index (χ1v) is 8.43. The zero-order chi connectivity index (χ0) is 17.4. The van der Waals surface area contributed by atoms with Gasteiger partial charge in [0.2, 0.25) is 0 Å². The predicted molar refractivity (Wildman–Crippen MR) is 94.3 cm³/mol. The number of benzene rings is 2. The van der Waals surface area contributed by atoms with Crippen LogP contribution in [0, 0.1) is 10.1 Å². The third kappa shape index (κ3) is 2.62. The summed E-state index contributed by atoms with van der Waals surface area (Å²) in [5.74, 6) is 0.287. The van der Waals surface area contributed by atoms with Crippen LogP contribution in [0.5, 0.6) is 5.75 Å². The minimum Gasteiger partial charge on any atom is -0.490 e. The number of nitro groups is 1. The van der Waals surface area contributed by atoms with Crippen LogP contribution in [0.2, 0.25) is 0 Å². The number of methoxy groups -OCH3 is 1. The van der Waals surface area contributed by atoms with E-state index in [0.29, 0.717) is 6.61 Å². The number of nitro benzene ring substituents is 1. The molecule has 1 unspecified atom stereocenters. The molecule has 6 heteroatoms. The molecule has 130 valence electrons. The largest absolute Gasteiger partial charge is 0.490 e. The molecule has 6 nitrogen and oxygen atoms in total. The lowest BCUT2D eigenvalue weighted by atomic mass is 9.93. The molecule has 1 spiro atoms. The van der Waals surface area contributed by atoms with E-state index in [1.807, 2.05) is 0 Å². The number of nitrogens with zero attached hydrogens (tertiary/aromatic N) is 2. The first-order chi connectivity index (χ1) is 12.1.